The van der Waals surface area contributed by atoms with Crippen LogP contribution in [0.4, 0.5) is 0 Å². The number of nitrogens with two attached hydrogens (primary N) is 1. The summed E-state index contributed by atoms with van der Waals surface area (Å²) in [4.78, 5) is 23.0. The average molecular weight is 214 g/mol. The van der Waals surface area contributed by atoms with Crippen molar-refractivity contribution in [2.75, 3.05) is 19.6 Å². The van der Waals surface area contributed by atoms with Crippen molar-refractivity contribution in [3.63, 3.8) is 0 Å². The molecule has 0 rings (SSSR count). The number of carboxylic acid groups (broad SMARTS) is 1. The first-order valence-electron chi connectivity index (χ1n) is 4.89. The predicted octanol–water partition coefficient (Wildman–Crippen LogP) is 0.215. The van der Waals surface area contributed by atoms with Gasteiger partial charge in [-0.1, -0.05) is 19.9 Å². The molecular formula is C10H18N2O3. The summed E-state index contributed by atoms with van der Waals surface area (Å²) >= 11 is 0. The predicted molar refractivity (Wildman–Crippen MR) is 57.3 cm³/mol. The second-order valence-electron chi connectivity index (χ2n) is 3.44. The van der Waals surface area contributed by atoms with Crippen LogP contribution in [0.5, 0.6) is 0 Å². The molecule has 15 heavy (non-hydrogen) atoms. The topological polar surface area (TPSA) is 83.6 Å². The first kappa shape index (κ1) is 13.6. The average Bonchev–Trinajstić information content (AvgIpc) is 2.13. The van der Waals surface area contributed by atoms with E-state index in [9.17, 15) is 9.59 Å². The van der Waals surface area contributed by atoms with Gasteiger partial charge in [0.1, 0.15) is 0 Å². The van der Waals surface area contributed by atoms with Gasteiger partial charge in [-0.05, 0) is 13.0 Å². The van der Waals surface area contributed by atoms with E-state index in [2.05, 4.69) is 6.58 Å². The smallest absolute Gasteiger partial charge is 0.332 e. The molecule has 0 saturated carbocycles. The van der Waals surface area contributed by atoms with Crippen LogP contribution < -0.4 is 5.73 Å². The van der Waals surface area contributed by atoms with Crippen molar-refractivity contribution in [2.24, 2.45) is 5.73 Å². The molecule has 0 radical (unpaired) electrons. The van der Waals surface area contributed by atoms with E-state index in [0.717, 1.165) is 12.8 Å². The van der Waals surface area contributed by atoms with Gasteiger partial charge in [0, 0.05) is 12.1 Å². The van der Waals surface area contributed by atoms with Crippen molar-refractivity contribution >= 4 is 11.9 Å². The van der Waals surface area contributed by atoms with Crippen LogP contribution in [0.15, 0.2) is 12.2 Å². The van der Waals surface area contributed by atoms with Crippen molar-refractivity contribution in [1.29, 1.82) is 0 Å². The molecule has 0 aromatic carbocycles. The Balaban J connectivity index is 4.16. The van der Waals surface area contributed by atoms with E-state index in [1.807, 2.05) is 6.92 Å². The van der Waals surface area contributed by atoms with Gasteiger partial charge in [-0.25, -0.2) is 4.79 Å². The van der Waals surface area contributed by atoms with Crippen molar-refractivity contribution < 1.29 is 14.7 Å². The van der Waals surface area contributed by atoms with Crippen LogP contribution in [0.1, 0.15) is 19.8 Å². The molecule has 3 N–H and O–H groups in total. The number of hydrogen-bond donors (Lipinski definition) is 2. The Bertz CT molecular complexity index is 251. The fourth-order valence-corrected chi connectivity index (χ4v) is 1.15. The minimum Gasteiger partial charge on any atom is -0.478 e. The van der Waals surface area contributed by atoms with E-state index in [1.54, 1.807) is 4.90 Å². The summed E-state index contributed by atoms with van der Waals surface area (Å²) in [7, 11) is 0. The molecule has 86 valence electrons. The normalized spacial score (nSPS) is 10.3. The maximum atomic E-state index is 10.7. The molecule has 0 fully saturated rings. The van der Waals surface area contributed by atoms with Gasteiger partial charge < -0.3 is 10.8 Å². The highest BCUT2D eigenvalue weighted by atomic mass is 16.4. The van der Waals surface area contributed by atoms with Gasteiger partial charge in [0.05, 0.1) is 6.54 Å². The molecule has 0 aliphatic rings. The number of carbonyl (C=O) groups excluding carboxylic acids is 1. The highest BCUT2D eigenvalue weighted by molar-refractivity contribution is 5.86. The molecule has 0 aromatic rings. The lowest BCUT2D eigenvalue weighted by Crippen LogP contribution is -2.36. The third-order valence-electron chi connectivity index (χ3n) is 1.92. The summed E-state index contributed by atoms with van der Waals surface area (Å²) in [5.74, 6) is -1.50. The second-order valence-corrected chi connectivity index (χ2v) is 3.44. The minimum atomic E-state index is -1.04. The van der Waals surface area contributed by atoms with Crippen molar-refractivity contribution in [1.82, 2.24) is 4.90 Å². The van der Waals surface area contributed by atoms with Crippen LogP contribution in [0.25, 0.3) is 0 Å². The highest BCUT2D eigenvalue weighted by Gasteiger charge is 2.12. The largest absolute Gasteiger partial charge is 0.478 e. The molecule has 0 saturated heterocycles. The van der Waals surface area contributed by atoms with Crippen molar-refractivity contribution in [3.05, 3.63) is 12.2 Å². The molecule has 0 atom stereocenters. The summed E-state index contributed by atoms with van der Waals surface area (Å²) in [6.45, 7) is 6.35. The van der Waals surface area contributed by atoms with Crippen molar-refractivity contribution in [3.8, 4) is 0 Å². The summed E-state index contributed by atoms with van der Waals surface area (Å²) in [5.41, 5.74) is 5.14. The Hall–Kier alpha value is -1.36. The van der Waals surface area contributed by atoms with Crippen LogP contribution >= 0.6 is 0 Å². The maximum Gasteiger partial charge on any atom is 0.332 e. The molecular weight excluding hydrogens is 196 g/mol. The van der Waals surface area contributed by atoms with Gasteiger partial charge in [-0.3, -0.25) is 9.69 Å². The Morgan fingerprint density at radius 3 is 2.40 bits per heavy atom. The Kier molecular flexibility index (Phi) is 6.37. The van der Waals surface area contributed by atoms with E-state index >= 15 is 0 Å². The zero-order valence-corrected chi connectivity index (χ0v) is 9.03. The maximum absolute atomic E-state index is 10.7. The fourth-order valence-electron chi connectivity index (χ4n) is 1.15. The quantitative estimate of drug-likeness (QED) is 0.566. The van der Waals surface area contributed by atoms with Crippen molar-refractivity contribution in [2.45, 2.75) is 19.8 Å². The fraction of sp³-hybridized carbons (Fsp3) is 0.600. The van der Waals surface area contributed by atoms with E-state index < -0.39 is 11.9 Å². The molecule has 0 spiro atoms. The van der Waals surface area contributed by atoms with Gasteiger partial charge in [0.25, 0.3) is 0 Å². The number of unbranched alkanes of at least 4 members (excludes halogenated alkanes) is 1. The highest BCUT2D eigenvalue weighted by Crippen LogP contribution is 2.00. The standard InChI is InChI=1S/C10H18N2O3/c1-3-4-5-12(7-9(11)13)6-8(2)10(14)15/h2-7H2,1H3,(H2,11,13)(H,14,15). The molecule has 0 aromatic heterocycles. The molecule has 5 nitrogen and oxygen atoms in total. The molecule has 0 unspecified atom stereocenters. The number of nitrogens with zero attached hydrogens (tertiary/aromatic N) is 1. The molecule has 0 heterocycles. The van der Waals surface area contributed by atoms with E-state index in [-0.39, 0.29) is 18.7 Å². The number of hydrogen-bond acceptors (Lipinski definition) is 3. The molecule has 0 aliphatic heterocycles. The molecule has 5 heteroatoms. The Labute approximate surface area is 89.6 Å². The monoisotopic (exact) mass is 214 g/mol. The van der Waals surface area contributed by atoms with E-state index in [1.165, 1.54) is 0 Å². The summed E-state index contributed by atoms with van der Waals surface area (Å²) in [6.07, 6.45) is 1.88. The summed E-state index contributed by atoms with van der Waals surface area (Å²) in [6, 6.07) is 0. The van der Waals surface area contributed by atoms with Gasteiger partial charge >= 0.3 is 5.97 Å². The van der Waals surface area contributed by atoms with Gasteiger partial charge in [-0.2, -0.15) is 0 Å². The number of carboxylic acids is 1. The first-order valence-corrected chi connectivity index (χ1v) is 4.89. The minimum absolute atomic E-state index is 0.0757. The van der Waals surface area contributed by atoms with Crippen LogP contribution in [0.2, 0.25) is 0 Å². The van der Waals surface area contributed by atoms with Crippen LogP contribution in [-0.4, -0.2) is 41.5 Å². The van der Waals surface area contributed by atoms with E-state index in [0.29, 0.717) is 6.54 Å². The number of amides is 1. The molecule has 0 bridgehead atoms. The number of aliphatic carboxylic acids is 1. The Morgan fingerprint density at radius 2 is 2.00 bits per heavy atom. The first-order chi connectivity index (χ1) is 6.97. The zero-order chi connectivity index (χ0) is 11.8. The third kappa shape index (κ3) is 6.68. The van der Waals surface area contributed by atoms with Crippen LogP contribution in [0.3, 0.4) is 0 Å². The molecule has 1 amide bonds. The number of rotatable bonds is 8. The number of carbonyl (C=O) groups is 2. The second kappa shape index (κ2) is 7.00. The van der Waals surface area contributed by atoms with Gasteiger partial charge in [0.15, 0.2) is 0 Å². The lowest BCUT2D eigenvalue weighted by atomic mass is 10.2. The third-order valence-corrected chi connectivity index (χ3v) is 1.92. The summed E-state index contributed by atoms with van der Waals surface area (Å²) < 4.78 is 0. The lowest BCUT2D eigenvalue weighted by molar-refractivity contribution is -0.133. The van der Waals surface area contributed by atoms with E-state index in [4.69, 9.17) is 10.8 Å². The Morgan fingerprint density at radius 1 is 1.40 bits per heavy atom. The number of primary amides is 1. The SMILES string of the molecule is C=C(CN(CCCC)CC(N)=O)C(=O)O. The lowest BCUT2D eigenvalue weighted by Gasteiger charge is -2.20. The van der Waals surface area contributed by atoms with Crippen LogP contribution in [-0.2, 0) is 9.59 Å². The van der Waals surface area contributed by atoms with Crippen LogP contribution in [0, 0.1) is 0 Å². The zero-order valence-electron chi connectivity index (χ0n) is 9.03. The van der Waals surface area contributed by atoms with Gasteiger partial charge in [-0.15, -0.1) is 0 Å². The summed E-state index contributed by atoms with van der Waals surface area (Å²) in [5, 5.41) is 8.65. The molecule has 0 aliphatic carbocycles. The van der Waals surface area contributed by atoms with Gasteiger partial charge in [0.2, 0.25) is 5.91 Å².